The van der Waals surface area contributed by atoms with E-state index in [1.807, 2.05) is 6.07 Å². The highest BCUT2D eigenvalue weighted by molar-refractivity contribution is 5.97. The molecule has 2 rings (SSSR count). The van der Waals surface area contributed by atoms with Crippen molar-refractivity contribution in [1.82, 2.24) is 0 Å². The molecule has 0 unspecified atom stereocenters. The van der Waals surface area contributed by atoms with Crippen molar-refractivity contribution < 1.29 is 14.6 Å². The molecule has 0 atom stereocenters. The molecule has 18 heavy (non-hydrogen) atoms. The first-order valence-electron chi connectivity index (χ1n) is 6.23. The minimum Gasteiger partial charge on any atom is -0.507 e. The van der Waals surface area contributed by atoms with Crippen LogP contribution in [0.3, 0.4) is 0 Å². The van der Waals surface area contributed by atoms with Gasteiger partial charge >= 0.3 is 0 Å². The Morgan fingerprint density at radius 1 is 1.39 bits per heavy atom. The Morgan fingerprint density at radius 3 is 2.56 bits per heavy atom. The number of rotatable bonds is 3. The Kier molecular flexibility index (Phi) is 3.87. The van der Waals surface area contributed by atoms with Crippen molar-refractivity contribution in [2.75, 3.05) is 25.1 Å². The fourth-order valence-electron chi connectivity index (χ4n) is 2.36. The molecule has 1 aliphatic rings. The highest BCUT2D eigenvalue weighted by Gasteiger charge is 2.19. The van der Waals surface area contributed by atoms with Gasteiger partial charge in [0, 0.05) is 32.0 Å². The van der Waals surface area contributed by atoms with Gasteiger partial charge < -0.3 is 14.7 Å². The molecule has 0 saturated carbocycles. The predicted octanol–water partition coefficient (Wildman–Crippen LogP) is 2.21. The summed E-state index contributed by atoms with van der Waals surface area (Å²) < 4.78 is 5.33. The molecule has 0 radical (unpaired) electrons. The van der Waals surface area contributed by atoms with Crippen LogP contribution in [0.1, 0.15) is 30.1 Å². The lowest BCUT2D eigenvalue weighted by Gasteiger charge is -2.33. The van der Waals surface area contributed by atoms with E-state index in [4.69, 9.17) is 4.74 Å². The number of anilines is 1. The number of phenolic OH excluding ortho intramolecular Hbond substituents is 1. The molecule has 1 aromatic rings. The normalized spacial score (nSPS) is 16.9. The number of carbonyl (C=O) groups is 1. The molecule has 1 aliphatic heterocycles. The summed E-state index contributed by atoms with van der Waals surface area (Å²) in [5.74, 6) is -0.0500. The van der Waals surface area contributed by atoms with Gasteiger partial charge in [0.25, 0.3) is 0 Å². The lowest BCUT2D eigenvalue weighted by atomic mass is 10.1. The summed E-state index contributed by atoms with van der Waals surface area (Å²) in [5.41, 5.74) is 1.34. The van der Waals surface area contributed by atoms with Gasteiger partial charge in [-0.2, -0.15) is 0 Å². The highest BCUT2D eigenvalue weighted by atomic mass is 16.5. The number of ether oxygens (including phenoxy) is 1. The van der Waals surface area contributed by atoms with Gasteiger partial charge in [0.15, 0.2) is 5.78 Å². The minimum atomic E-state index is -0.114. The van der Waals surface area contributed by atoms with Gasteiger partial charge in [0.1, 0.15) is 5.75 Å². The summed E-state index contributed by atoms with van der Waals surface area (Å²) in [5, 5.41) is 9.82. The van der Waals surface area contributed by atoms with Gasteiger partial charge in [-0.05, 0) is 31.9 Å². The number of methoxy groups -OCH3 is 1. The summed E-state index contributed by atoms with van der Waals surface area (Å²) in [6.45, 7) is 3.29. The summed E-state index contributed by atoms with van der Waals surface area (Å²) in [6.07, 6.45) is 2.32. The summed E-state index contributed by atoms with van der Waals surface area (Å²) in [7, 11) is 1.74. The smallest absolute Gasteiger partial charge is 0.163 e. The lowest BCUT2D eigenvalue weighted by molar-refractivity contribution is 0.0819. The van der Waals surface area contributed by atoms with Crippen molar-refractivity contribution in [3.8, 4) is 5.75 Å². The summed E-state index contributed by atoms with van der Waals surface area (Å²) in [6, 6.07) is 5.25. The first kappa shape index (κ1) is 12.9. The van der Waals surface area contributed by atoms with E-state index in [2.05, 4.69) is 4.90 Å². The van der Waals surface area contributed by atoms with Crippen molar-refractivity contribution in [3.05, 3.63) is 23.8 Å². The van der Waals surface area contributed by atoms with Gasteiger partial charge in [-0.25, -0.2) is 0 Å². The van der Waals surface area contributed by atoms with Gasteiger partial charge in [0.2, 0.25) is 0 Å². The Hall–Kier alpha value is -1.55. The number of aromatic hydroxyl groups is 1. The van der Waals surface area contributed by atoms with Crippen molar-refractivity contribution in [1.29, 1.82) is 0 Å². The van der Waals surface area contributed by atoms with Gasteiger partial charge in [-0.15, -0.1) is 0 Å². The molecule has 0 bridgehead atoms. The number of hydrogen-bond donors (Lipinski definition) is 1. The molecule has 1 heterocycles. The van der Waals surface area contributed by atoms with Crippen LogP contribution in [0.2, 0.25) is 0 Å². The van der Waals surface area contributed by atoms with E-state index < -0.39 is 0 Å². The number of piperidine rings is 1. The second-order valence-corrected chi connectivity index (χ2v) is 4.68. The van der Waals surface area contributed by atoms with Crippen molar-refractivity contribution >= 4 is 11.5 Å². The molecule has 1 fully saturated rings. The van der Waals surface area contributed by atoms with Crippen molar-refractivity contribution in [3.63, 3.8) is 0 Å². The third kappa shape index (κ3) is 2.64. The zero-order chi connectivity index (χ0) is 13.1. The molecule has 4 nitrogen and oxygen atoms in total. The van der Waals surface area contributed by atoms with E-state index in [0.717, 1.165) is 31.6 Å². The molecule has 0 aliphatic carbocycles. The van der Waals surface area contributed by atoms with E-state index in [9.17, 15) is 9.90 Å². The largest absolute Gasteiger partial charge is 0.507 e. The number of hydrogen-bond acceptors (Lipinski definition) is 4. The van der Waals surface area contributed by atoms with E-state index >= 15 is 0 Å². The standard InChI is InChI=1S/C14H19NO3/c1-10(16)13-4-3-11(9-14(13)17)15-7-5-12(18-2)6-8-15/h3-4,9,12,17H,5-8H2,1-2H3. The van der Waals surface area contributed by atoms with E-state index in [1.54, 1.807) is 19.2 Å². The topological polar surface area (TPSA) is 49.8 Å². The Balaban J connectivity index is 2.11. The zero-order valence-electron chi connectivity index (χ0n) is 10.8. The summed E-state index contributed by atoms with van der Waals surface area (Å²) in [4.78, 5) is 13.5. The first-order valence-corrected chi connectivity index (χ1v) is 6.23. The molecule has 0 amide bonds. The SMILES string of the molecule is COC1CCN(c2ccc(C(C)=O)c(O)c2)CC1. The molecule has 0 aromatic heterocycles. The molecular weight excluding hydrogens is 230 g/mol. The number of carbonyl (C=O) groups excluding carboxylic acids is 1. The molecular formula is C14H19NO3. The number of nitrogens with zero attached hydrogens (tertiary/aromatic N) is 1. The van der Waals surface area contributed by atoms with Crippen LogP contribution in [0.25, 0.3) is 0 Å². The average Bonchev–Trinajstić information content (AvgIpc) is 2.38. The van der Waals surface area contributed by atoms with Gasteiger partial charge in [-0.3, -0.25) is 4.79 Å². The number of benzene rings is 1. The van der Waals surface area contributed by atoms with Gasteiger partial charge in [-0.1, -0.05) is 0 Å². The average molecular weight is 249 g/mol. The fraction of sp³-hybridized carbons (Fsp3) is 0.500. The number of Topliss-reactive ketones (excluding diaryl/α,β-unsaturated/α-hetero) is 1. The molecule has 1 saturated heterocycles. The van der Waals surface area contributed by atoms with Gasteiger partial charge in [0.05, 0.1) is 11.7 Å². The predicted molar refractivity (Wildman–Crippen MR) is 70.4 cm³/mol. The van der Waals surface area contributed by atoms with Crippen LogP contribution >= 0.6 is 0 Å². The van der Waals surface area contributed by atoms with E-state index in [0.29, 0.717) is 11.7 Å². The monoisotopic (exact) mass is 249 g/mol. The third-order valence-electron chi connectivity index (χ3n) is 3.50. The lowest BCUT2D eigenvalue weighted by Crippen LogP contribution is -2.36. The van der Waals surface area contributed by atoms with Crippen molar-refractivity contribution in [2.45, 2.75) is 25.9 Å². The Bertz CT molecular complexity index is 437. The third-order valence-corrected chi connectivity index (χ3v) is 3.50. The van der Waals surface area contributed by atoms with Crippen molar-refractivity contribution in [2.24, 2.45) is 0 Å². The number of phenols is 1. The zero-order valence-corrected chi connectivity index (χ0v) is 10.8. The first-order chi connectivity index (χ1) is 8.61. The maximum Gasteiger partial charge on any atom is 0.163 e. The molecule has 1 aromatic carbocycles. The maximum atomic E-state index is 11.2. The Morgan fingerprint density at radius 2 is 2.06 bits per heavy atom. The van der Waals surface area contributed by atoms with E-state index in [-0.39, 0.29) is 11.5 Å². The Labute approximate surface area is 107 Å². The number of ketones is 1. The maximum absolute atomic E-state index is 11.2. The quantitative estimate of drug-likeness (QED) is 0.834. The van der Waals surface area contributed by atoms with Crippen LogP contribution in [-0.4, -0.2) is 37.2 Å². The fourth-order valence-corrected chi connectivity index (χ4v) is 2.36. The van der Waals surface area contributed by atoms with E-state index in [1.165, 1.54) is 6.92 Å². The van der Waals surface area contributed by atoms with Crippen LogP contribution in [-0.2, 0) is 4.74 Å². The molecule has 1 N–H and O–H groups in total. The molecule has 0 spiro atoms. The minimum absolute atomic E-state index is 0.0638. The highest BCUT2D eigenvalue weighted by Crippen LogP contribution is 2.27. The summed E-state index contributed by atoms with van der Waals surface area (Å²) >= 11 is 0. The van der Waals surface area contributed by atoms with Crippen LogP contribution in [0, 0.1) is 0 Å². The van der Waals surface area contributed by atoms with Crippen LogP contribution in [0.4, 0.5) is 5.69 Å². The second kappa shape index (κ2) is 5.40. The molecule has 98 valence electrons. The van der Waals surface area contributed by atoms with Crippen LogP contribution < -0.4 is 4.90 Å². The second-order valence-electron chi connectivity index (χ2n) is 4.68. The van der Waals surface area contributed by atoms with Crippen LogP contribution in [0.15, 0.2) is 18.2 Å². The molecule has 4 heteroatoms. The van der Waals surface area contributed by atoms with Crippen LogP contribution in [0.5, 0.6) is 5.75 Å².